The highest BCUT2D eigenvalue weighted by Crippen LogP contribution is 2.32. The average Bonchev–Trinajstić information content (AvgIpc) is 2.97. The van der Waals surface area contributed by atoms with Gasteiger partial charge in [-0.2, -0.15) is 0 Å². The monoisotopic (exact) mass is 327 g/mol. The van der Waals surface area contributed by atoms with Crippen molar-refractivity contribution in [3.8, 4) is 0 Å². The van der Waals surface area contributed by atoms with Gasteiger partial charge in [-0.15, -0.1) is 0 Å². The number of sulfone groups is 1. The summed E-state index contributed by atoms with van der Waals surface area (Å²) >= 11 is 0. The van der Waals surface area contributed by atoms with Crippen molar-refractivity contribution in [1.29, 1.82) is 0 Å². The molecule has 0 aromatic heterocycles. The van der Waals surface area contributed by atoms with Gasteiger partial charge in [0.1, 0.15) is 5.69 Å². The summed E-state index contributed by atoms with van der Waals surface area (Å²) in [5.41, 5.74) is 5.88. The lowest BCUT2D eigenvalue weighted by atomic mass is 9.98. The van der Waals surface area contributed by atoms with E-state index in [-0.39, 0.29) is 16.6 Å². The van der Waals surface area contributed by atoms with Crippen molar-refractivity contribution >= 4 is 21.2 Å². The topological polar surface area (TPSA) is 115 Å². The van der Waals surface area contributed by atoms with E-state index in [0.29, 0.717) is 18.2 Å². The maximum absolute atomic E-state index is 11.5. The molecule has 1 aromatic carbocycles. The number of nitrogens with two attached hydrogens (primary N) is 1. The number of rotatable bonds is 6. The Bertz CT molecular complexity index is 654. The number of nitro groups is 1. The number of nitrogens with one attached hydrogen (secondary N) is 1. The van der Waals surface area contributed by atoms with Crippen molar-refractivity contribution in [3.63, 3.8) is 0 Å². The lowest BCUT2D eigenvalue weighted by Crippen LogP contribution is -2.35. The van der Waals surface area contributed by atoms with Crippen LogP contribution in [0.1, 0.15) is 25.7 Å². The third kappa shape index (κ3) is 3.75. The van der Waals surface area contributed by atoms with Crippen LogP contribution in [0.25, 0.3) is 0 Å². The van der Waals surface area contributed by atoms with Crippen LogP contribution >= 0.6 is 0 Å². The van der Waals surface area contributed by atoms with Crippen molar-refractivity contribution in [3.05, 3.63) is 28.3 Å². The van der Waals surface area contributed by atoms with Crippen LogP contribution < -0.4 is 11.1 Å². The summed E-state index contributed by atoms with van der Waals surface area (Å²) in [6.45, 7) is 0.385. The van der Waals surface area contributed by atoms with E-state index in [9.17, 15) is 18.5 Å². The zero-order valence-electron chi connectivity index (χ0n) is 12.5. The van der Waals surface area contributed by atoms with E-state index in [1.807, 2.05) is 0 Å². The molecular weight excluding hydrogens is 306 g/mol. The molecule has 0 bridgehead atoms. The van der Waals surface area contributed by atoms with E-state index in [1.165, 1.54) is 12.1 Å². The van der Waals surface area contributed by atoms with Gasteiger partial charge < -0.3 is 11.1 Å². The Hall–Kier alpha value is -1.67. The Balaban J connectivity index is 2.31. The first kappa shape index (κ1) is 16.7. The summed E-state index contributed by atoms with van der Waals surface area (Å²) in [6, 6.07) is 3.89. The minimum Gasteiger partial charge on any atom is -0.375 e. The predicted octanol–water partition coefficient (Wildman–Crippen LogP) is 1.93. The van der Waals surface area contributed by atoms with Gasteiger partial charge in [-0.25, -0.2) is 8.42 Å². The number of nitro benzene ring substituents is 1. The first-order valence-corrected chi connectivity index (χ1v) is 9.17. The van der Waals surface area contributed by atoms with Crippen LogP contribution in [0, 0.1) is 16.0 Å². The van der Waals surface area contributed by atoms with Gasteiger partial charge in [0.15, 0.2) is 9.84 Å². The van der Waals surface area contributed by atoms with E-state index in [1.54, 1.807) is 0 Å². The van der Waals surface area contributed by atoms with E-state index in [4.69, 9.17) is 5.73 Å². The van der Waals surface area contributed by atoms with Gasteiger partial charge in [-0.05, 0) is 30.9 Å². The molecule has 1 atom stereocenters. The molecule has 0 aliphatic heterocycles. The SMILES string of the molecule is CS(=O)(=O)c1ccc(NC(CN)C2CCCC2)c([N+](=O)[O-])c1. The summed E-state index contributed by atoms with van der Waals surface area (Å²) in [4.78, 5) is 10.6. The smallest absolute Gasteiger partial charge is 0.293 e. The van der Waals surface area contributed by atoms with E-state index < -0.39 is 14.8 Å². The van der Waals surface area contributed by atoms with Gasteiger partial charge in [0.2, 0.25) is 0 Å². The van der Waals surface area contributed by atoms with Crippen molar-refractivity contribution in [1.82, 2.24) is 0 Å². The molecule has 1 saturated carbocycles. The van der Waals surface area contributed by atoms with Crippen molar-refractivity contribution in [2.24, 2.45) is 11.7 Å². The molecule has 22 heavy (non-hydrogen) atoms. The molecule has 1 aliphatic carbocycles. The van der Waals surface area contributed by atoms with Crippen molar-refractivity contribution in [2.45, 2.75) is 36.6 Å². The highest BCUT2D eigenvalue weighted by Gasteiger charge is 2.26. The number of benzene rings is 1. The zero-order valence-corrected chi connectivity index (χ0v) is 13.3. The number of nitrogens with zero attached hydrogens (tertiary/aromatic N) is 1. The molecule has 0 spiro atoms. The van der Waals surface area contributed by atoms with Crippen LogP contribution in [-0.2, 0) is 9.84 Å². The zero-order chi connectivity index (χ0) is 16.3. The molecule has 3 N–H and O–H groups in total. The van der Waals surface area contributed by atoms with Crippen molar-refractivity contribution in [2.75, 3.05) is 18.1 Å². The fourth-order valence-corrected chi connectivity index (χ4v) is 3.58. The Kier molecular flexibility index (Phi) is 5.02. The Labute approximate surface area is 130 Å². The summed E-state index contributed by atoms with van der Waals surface area (Å²) in [5.74, 6) is 0.402. The number of hydrogen-bond donors (Lipinski definition) is 2. The minimum absolute atomic E-state index is 0.0368. The largest absolute Gasteiger partial charge is 0.375 e. The highest BCUT2D eigenvalue weighted by molar-refractivity contribution is 7.90. The maximum Gasteiger partial charge on any atom is 0.293 e. The lowest BCUT2D eigenvalue weighted by molar-refractivity contribution is -0.384. The van der Waals surface area contributed by atoms with E-state index in [2.05, 4.69) is 5.32 Å². The molecule has 0 amide bonds. The van der Waals surface area contributed by atoms with Crippen LogP contribution in [-0.4, -0.2) is 32.2 Å². The second kappa shape index (κ2) is 6.62. The quantitative estimate of drug-likeness (QED) is 0.609. The van der Waals surface area contributed by atoms with E-state index >= 15 is 0 Å². The fourth-order valence-electron chi connectivity index (χ4n) is 2.94. The van der Waals surface area contributed by atoms with Crippen LogP contribution in [0.5, 0.6) is 0 Å². The van der Waals surface area contributed by atoms with E-state index in [0.717, 1.165) is 38.0 Å². The first-order chi connectivity index (χ1) is 10.3. The first-order valence-electron chi connectivity index (χ1n) is 7.28. The van der Waals surface area contributed by atoms with Gasteiger partial charge in [0.25, 0.3) is 5.69 Å². The molecule has 7 nitrogen and oxygen atoms in total. The van der Waals surface area contributed by atoms with Gasteiger partial charge in [0, 0.05) is 24.9 Å². The van der Waals surface area contributed by atoms with Crippen LogP contribution in [0.3, 0.4) is 0 Å². The minimum atomic E-state index is -3.48. The molecule has 1 fully saturated rings. The fraction of sp³-hybridized carbons (Fsp3) is 0.571. The number of anilines is 1. The standard InChI is InChI=1S/C14H21N3O4S/c1-22(20,21)11-6-7-12(14(8-11)17(18)19)16-13(9-15)10-4-2-3-5-10/h6-8,10,13,16H,2-5,9,15H2,1H3. The molecule has 1 unspecified atom stereocenters. The molecule has 1 aliphatic rings. The summed E-state index contributed by atoms with van der Waals surface area (Å²) in [6.07, 6.45) is 5.45. The third-order valence-corrected chi connectivity index (χ3v) is 5.27. The second-order valence-electron chi connectivity index (χ2n) is 5.74. The maximum atomic E-state index is 11.5. The van der Waals surface area contributed by atoms with Crippen LogP contribution in [0.4, 0.5) is 11.4 Å². The second-order valence-corrected chi connectivity index (χ2v) is 7.76. The van der Waals surface area contributed by atoms with Gasteiger partial charge in [-0.1, -0.05) is 12.8 Å². The summed E-state index contributed by atoms with van der Waals surface area (Å²) in [7, 11) is -3.48. The Morgan fingerprint density at radius 2 is 2.05 bits per heavy atom. The van der Waals surface area contributed by atoms with Gasteiger partial charge in [-0.3, -0.25) is 10.1 Å². The molecule has 2 rings (SSSR count). The predicted molar refractivity (Wildman–Crippen MR) is 84.6 cm³/mol. The summed E-state index contributed by atoms with van der Waals surface area (Å²) in [5, 5.41) is 14.4. The molecule has 122 valence electrons. The molecule has 1 aromatic rings. The average molecular weight is 327 g/mol. The Morgan fingerprint density at radius 3 is 2.55 bits per heavy atom. The normalized spacial score (nSPS) is 17.4. The molecule has 0 heterocycles. The summed E-state index contributed by atoms with van der Waals surface area (Å²) < 4.78 is 23.1. The van der Waals surface area contributed by atoms with Crippen LogP contribution in [0.15, 0.2) is 23.1 Å². The highest BCUT2D eigenvalue weighted by atomic mass is 32.2. The van der Waals surface area contributed by atoms with Crippen molar-refractivity contribution < 1.29 is 13.3 Å². The molecule has 0 radical (unpaired) electrons. The third-order valence-electron chi connectivity index (χ3n) is 4.16. The molecule has 0 saturated heterocycles. The van der Waals surface area contributed by atoms with Crippen LogP contribution in [0.2, 0.25) is 0 Å². The van der Waals surface area contributed by atoms with Gasteiger partial charge in [0.05, 0.1) is 9.82 Å². The molecule has 8 heteroatoms. The molecular formula is C14H21N3O4S. The number of hydrogen-bond acceptors (Lipinski definition) is 6. The lowest BCUT2D eigenvalue weighted by Gasteiger charge is -2.24. The van der Waals surface area contributed by atoms with Gasteiger partial charge >= 0.3 is 0 Å². The Morgan fingerprint density at radius 1 is 1.41 bits per heavy atom.